The van der Waals surface area contributed by atoms with Crippen LogP contribution in [0.4, 0.5) is 0 Å². The number of halogens is 2. The maximum atomic E-state index is 12.6. The van der Waals surface area contributed by atoms with Crippen LogP contribution in [-0.4, -0.2) is 29.2 Å². The monoisotopic (exact) mass is 719 g/mol. The predicted octanol–water partition coefficient (Wildman–Crippen LogP) is 9.76. The van der Waals surface area contributed by atoms with E-state index in [0.717, 1.165) is 11.5 Å². The van der Waals surface area contributed by atoms with Gasteiger partial charge in [0.05, 0.1) is 19.1 Å². The van der Waals surface area contributed by atoms with Crippen LogP contribution < -0.4 is 9.26 Å². The van der Waals surface area contributed by atoms with Gasteiger partial charge >= 0.3 is 12.7 Å². The van der Waals surface area contributed by atoms with Crippen LogP contribution in [0, 0.1) is 35.5 Å². The number of ether oxygens (including phenoxy) is 2. The lowest BCUT2D eigenvalue weighted by Gasteiger charge is -2.20. The number of esters is 1. The summed E-state index contributed by atoms with van der Waals surface area (Å²) in [6, 6.07) is 20.0. The molecule has 1 fully saturated rings. The van der Waals surface area contributed by atoms with Gasteiger partial charge in [-0.3, -0.25) is 13.8 Å². The predicted molar refractivity (Wildman–Crippen MR) is 187 cm³/mol. The molecule has 1 heterocycles. The summed E-state index contributed by atoms with van der Waals surface area (Å²) in [5, 5.41) is 9.53. The highest BCUT2D eigenvalue weighted by molar-refractivity contribution is 8.07. The molecule has 13 heteroatoms. The van der Waals surface area contributed by atoms with E-state index in [-0.39, 0.29) is 27.7 Å². The fourth-order valence-electron chi connectivity index (χ4n) is 4.69. The summed E-state index contributed by atoms with van der Waals surface area (Å²) >= 11 is 16.8. The number of benzene rings is 2. The van der Waals surface area contributed by atoms with Crippen LogP contribution in [0.1, 0.15) is 70.6 Å². The number of para-hydroxylation sites is 1. The zero-order valence-electron chi connectivity index (χ0n) is 27.5. The molecule has 1 aliphatic rings. The number of carbonyl (C=O) groups excluding carboxylic acids is 1. The minimum atomic E-state index is -2.77. The highest BCUT2D eigenvalue weighted by Crippen LogP contribution is 2.60. The van der Waals surface area contributed by atoms with Crippen molar-refractivity contribution in [2.24, 2.45) is 17.3 Å². The standard InChI is InChI=1S/C22H19Cl2NO3.C12H21N2O3PS/c1-22(2)17(12-19(23)24)20(22)21(26)28-18(13-25)14-7-6-10-16(11-14)27-15-8-4-3-5-9-15;1-6-15-18(19,16-7-2)17-11-8-10(5)13-12(14-11)9(3)4/h3-12,17-18,20H,1-2H3;8-9H,6-7H2,1-5H3/t17?,18-,20?;/m1./s1. The Hall–Kier alpha value is -3.03. The van der Waals surface area contributed by atoms with Gasteiger partial charge in [-0.15, -0.1) is 0 Å². The number of aromatic nitrogens is 2. The average molecular weight is 721 g/mol. The second-order valence-electron chi connectivity index (χ2n) is 11.4. The normalized spacial score (nSPS) is 17.0. The maximum Gasteiger partial charge on any atom is 0.381 e. The van der Waals surface area contributed by atoms with Crippen molar-refractivity contribution >= 4 is 47.7 Å². The van der Waals surface area contributed by atoms with Crippen molar-refractivity contribution in [1.29, 1.82) is 5.26 Å². The Morgan fingerprint density at radius 3 is 2.26 bits per heavy atom. The molecule has 252 valence electrons. The summed E-state index contributed by atoms with van der Waals surface area (Å²) in [5.41, 5.74) is 1.07. The molecule has 1 saturated carbocycles. The van der Waals surface area contributed by atoms with Crippen molar-refractivity contribution in [3.8, 4) is 23.4 Å². The molecule has 0 aliphatic heterocycles. The average Bonchev–Trinajstić information content (AvgIpc) is 3.54. The van der Waals surface area contributed by atoms with E-state index in [9.17, 15) is 10.1 Å². The minimum Gasteiger partial charge on any atom is -0.457 e. The summed E-state index contributed by atoms with van der Waals surface area (Å²) in [7, 11) is 0. The Morgan fingerprint density at radius 1 is 1.04 bits per heavy atom. The summed E-state index contributed by atoms with van der Waals surface area (Å²) in [4.78, 5) is 21.3. The van der Waals surface area contributed by atoms with Crippen molar-refractivity contribution in [1.82, 2.24) is 9.97 Å². The lowest BCUT2D eigenvalue weighted by Crippen LogP contribution is -2.14. The van der Waals surface area contributed by atoms with Gasteiger partial charge in [-0.25, -0.2) is 4.98 Å². The highest BCUT2D eigenvalue weighted by atomic mass is 35.5. The molecule has 0 saturated heterocycles. The topological polar surface area (TPSA) is 113 Å². The maximum absolute atomic E-state index is 12.6. The largest absolute Gasteiger partial charge is 0.457 e. The van der Waals surface area contributed by atoms with Crippen LogP contribution >= 0.6 is 29.9 Å². The van der Waals surface area contributed by atoms with Crippen LogP contribution in [0.25, 0.3) is 0 Å². The van der Waals surface area contributed by atoms with Crippen molar-refractivity contribution in [3.05, 3.63) is 88.3 Å². The van der Waals surface area contributed by atoms with Gasteiger partial charge in [0, 0.05) is 35.0 Å². The number of rotatable bonds is 13. The SMILES string of the molecule is CC1(C)C(C=C(Cl)Cl)C1C(=O)O[C@H](C#N)c1cccc(Oc2ccccc2)c1.CCOP(=S)(OCC)Oc1cc(C)nc(C(C)C)n1. The molecule has 1 aromatic heterocycles. The molecule has 4 rings (SSSR count). The first-order valence-corrected chi connectivity index (χ1v) is 18.4. The van der Waals surface area contributed by atoms with E-state index in [1.54, 1.807) is 36.4 Å². The van der Waals surface area contributed by atoms with Crippen LogP contribution in [0.15, 0.2) is 71.2 Å². The first kappa shape index (κ1) is 38.4. The number of hydrogen-bond donors (Lipinski definition) is 0. The van der Waals surface area contributed by atoms with E-state index in [0.29, 0.717) is 36.2 Å². The lowest BCUT2D eigenvalue weighted by molar-refractivity contribution is -0.149. The van der Waals surface area contributed by atoms with Crippen molar-refractivity contribution in [2.45, 2.75) is 60.5 Å². The van der Waals surface area contributed by atoms with Crippen molar-refractivity contribution in [3.63, 3.8) is 0 Å². The van der Waals surface area contributed by atoms with E-state index in [2.05, 4.69) is 9.97 Å². The van der Waals surface area contributed by atoms with E-state index >= 15 is 0 Å². The van der Waals surface area contributed by atoms with Gasteiger partial charge in [0.1, 0.15) is 27.9 Å². The molecule has 0 N–H and O–H groups in total. The summed E-state index contributed by atoms with van der Waals surface area (Å²) < 4.78 is 28.0. The summed E-state index contributed by atoms with van der Waals surface area (Å²) in [6.07, 6.45) is 0.615. The van der Waals surface area contributed by atoms with Crippen LogP contribution in [-0.2, 0) is 30.4 Å². The van der Waals surface area contributed by atoms with Gasteiger partial charge in [-0.05, 0) is 62.4 Å². The fourth-order valence-corrected chi connectivity index (χ4v) is 6.95. The molecular weight excluding hydrogens is 680 g/mol. The number of nitrogens with zero attached hydrogens (tertiary/aromatic N) is 3. The molecule has 2 aromatic carbocycles. The first-order chi connectivity index (χ1) is 22.2. The Morgan fingerprint density at radius 2 is 1.68 bits per heavy atom. The Kier molecular flexibility index (Phi) is 14.2. The molecule has 1 aliphatic carbocycles. The van der Waals surface area contributed by atoms with Crippen LogP contribution in [0.5, 0.6) is 17.4 Å². The molecule has 3 aromatic rings. The zero-order valence-corrected chi connectivity index (χ0v) is 30.7. The second kappa shape index (κ2) is 17.4. The Bertz CT molecular complexity index is 1620. The summed E-state index contributed by atoms with van der Waals surface area (Å²) in [6.45, 7) is 11.7. The van der Waals surface area contributed by atoms with Gasteiger partial charge in [0.15, 0.2) is 0 Å². The third-order valence-corrected chi connectivity index (χ3v) is 9.77. The lowest BCUT2D eigenvalue weighted by atomic mass is 10.1. The number of nitriles is 1. The van der Waals surface area contributed by atoms with E-state index in [1.165, 1.54) is 0 Å². The van der Waals surface area contributed by atoms with Gasteiger partial charge in [-0.2, -0.15) is 10.2 Å². The quantitative estimate of drug-likeness (QED) is 0.125. The third-order valence-electron chi connectivity index (χ3n) is 7.11. The third kappa shape index (κ3) is 11.3. The number of aryl methyl sites for hydroxylation is 1. The molecule has 0 radical (unpaired) electrons. The second-order valence-corrected chi connectivity index (χ2v) is 15.4. The van der Waals surface area contributed by atoms with E-state index in [4.69, 9.17) is 58.1 Å². The van der Waals surface area contributed by atoms with Crippen molar-refractivity contribution < 1.29 is 27.8 Å². The van der Waals surface area contributed by atoms with Gasteiger partial charge in [-0.1, -0.05) is 81.2 Å². The molecule has 0 bridgehead atoms. The molecule has 47 heavy (non-hydrogen) atoms. The van der Waals surface area contributed by atoms with Crippen LogP contribution in [0.3, 0.4) is 0 Å². The van der Waals surface area contributed by atoms with Gasteiger partial charge < -0.3 is 14.0 Å². The minimum absolute atomic E-state index is 0.114. The number of hydrogen-bond acceptors (Lipinski definition) is 10. The molecule has 2 unspecified atom stereocenters. The molecule has 3 atom stereocenters. The molecule has 0 amide bonds. The number of allylic oxidation sites excluding steroid dienone is 1. The Balaban J connectivity index is 0.000000277. The smallest absolute Gasteiger partial charge is 0.381 e. The zero-order chi connectivity index (χ0) is 34.8. The Labute approximate surface area is 292 Å². The molecular formula is C34H40Cl2N3O6PS. The van der Waals surface area contributed by atoms with E-state index < -0.39 is 18.8 Å². The fraction of sp³-hybridized carbons (Fsp3) is 0.412. The highest BCUT2D eigenvalue weighted by Gasteiger charge is 2.62. The van der Waals surface area contributed by atoms with Crippen molar-refractivity contribution in [2.75, 3.05) is 13.2 Å². The number of carbonyl (C=O) groups is 1. The molecule has 0 spiro atoms. The van der Waals surface area contributed by atoms with Gasteiger partial charge in [0.2, 0.25) is 12.0 Å². The summed E-state index contributed by atoms with van der Waals surface area (Å²) in [5.74, 6) is 1.66. The van der Waals surface area contributed by atoms with Gasteiger partial charge in [0.25, 0.3) is 0 Å². The van der Waals surface area contributed by atoms with Crippen LogP contribution in [0.2, 0.25) is 0 Å². The first-order valence-electron chi connectivity index (χ1n) is 15.1. The molecule has 9 nitrogen and oxygen atoms in total. The van der Waals surface area contributed by atoms with E-state index in [1.807, 2.05) is 84.9 Å².